The first-order valence-corrected chi connectivity index (χ1v) is 13.3. The van der Waals surface area contributed by atoms with E-state index < -0.39 is 11.9 Å². The number of ketones is 2. The number of carbonyl (C=O) groups excluding carboxylic acids is 3. The van der Waals surface area contributed by atoms with Crippen molar-refractivity contribution in [2.75, 3.05) is 7.11 Å². The second-order valence-electron chi connectivity index (χ2n) is 12.6. The smallest absolute Gasteiger partial charge is 0.543 e. The summed E-state index contributed by atoms with van der Waals surface area (Å²) in [5.41, 5.74) is 3.51. The van der Waals surface area contributed by atoms with Crippen molar-refractivity contribution in [1.82, 2.24) is 4.98 Å². The summed E-state index contributed by atoms with van der Waals surface area (Å²) in [6.07, 6.45) is 1.88. The Balaban J connectivity index is 0.00000370. The normalized spacial score (nSPS) is 19.9. The van der Waals surface area contributed by atoms with Crippen molar-refractivity contribution in [2.45, 2.75) is 73.1 Å². The third-order valence-electron chi connectivity index (χ3n) is 8.13. The Morgan fingerprint density at radius 3 is 1.98 bits per heavy atom. The van der Waals surface area contributed by atoms with Crippen molar-refractivity contribution < 1.29 is 58.5 Å². The molecule has 1 aromatic heterocycles. The van der Waals surface area contributed by atoms with Crippen LogP contribution in [0.1, 0.15) is 86.5 Å². The maximum absolute atomic E-state index is 13.8. The molecule has 7 nitrogen and oxygen atoms in total. The number of benzene rings is 1. The molecule has 1 aliphatic heterocycles. The molecule has 0 amide bonds. The number of Topliss-reactive ketones (excluding diaryl/α,β-unsaturated/α-hetero) is 2. The molecule has 204 valence electrons. The first-order chi connectivity index (χ1) is 18.2. The van der Waals surface area contributed by atoms with Gasteiger partial charge >= 0.3 is 29.6 Å². The number of methoxy groups -OCH3 is 1. The van der Waals surface area contributed by atoms with Crippen LogP contribution in [-0.2, 0) is 14.3 Å². The maximum atomic E-state index is 13.8. The molecule has 0 unspecified atom stereocenters. The van der Waals surface area contributed by atoms with Gasteiger partial charge in [-0.05, 0) is 54.0 Å². The van der Waals surface area contributed by atoms with Crippen LogP contribution >= 0.6 is 0 Å². The first-order valence-electron chi connectivity index (χ1n) is 13.3. The third kappa shape index (κ3) is 5.19. The van der Waals surface area contributed by atoms with E-state index in [9.17, 15) is 19.5 Å². The average Bonchev–Trinajstić information content (AvgIpc) is 2.81. The summed E-state index contributed by atoms with van der Waals surface area (Å²) in [5.74, 6) is -0.248. The number of aromatic carboxylic acids is 1. The summed E-state index contributed by atoms with van der Waals surface area (Å²) in [7, 11) is 1.57. The molecule has 2 heterocycles. The number of aryl methyl sites for hydroxylation is 1. The van der Waals surface area contributed by atoms with E-state index in [0.29, 0.717) is 76.5 Å². The predicted octanol–water partition coefficient (Wildman–Crippen LogP) is 2.14. The van der Waals surface area contributed by atoms with Gasteiger partial charge in [0.25, 0.3) is 0 Å². The van der Waals surface area contributed by atoms with Crippen molar-refractivity contribution >= 4 is 17.5 Å². The van der Waals surface area contributed by atoms with Crippen molar-refractivity contribution in [3.05, 3.63) is 69.3 Å². The van der Waals surface area contributed by atoms with Gasteiger partial charge in [-0.3, -0.25) is 9.59 Å². The number of allylic oxidation sites excluding steroid dienone is 4. The van der Waals surface area contributed by atoms with E-state index in [0.717, 1.165) is 5.56 Å². The molecule has 0 saturated heterocycles. The SMILES string of the molecule is COc1ccc(-c2ccc(C)c(C(=O)[O-])n2)c(C)c1C1C2=C(CC(C)(C)CC2=O)OC2=C1C(=O)CC(C)(C)C2.[Na+]. The van der Waals surface area contributed by atoms with Crippen LogP contribution in [0.5, 0.6) is 5.75 Å². The monoisotopic (exact) mass is 551 g/mol. The average molecular weight is 552 g/mol. The predicted molar refractivity (Wildman–Crippen MR) is 144 cm³/mol. The Labute approximate surface area is 257 Å². The van der Waals surface area contributed by atoms with E-state index >= 15 is 0 Å². The summed E-state index contributed by atoms with van der Waals surface area (Å²) >= 11 is 0. The fourth-order valence-corrected chi connectivity index (χ4v) is 6.37. The van der Waals surface area contributed by atoms with Gasteiger partial charge in [0, 0.05) is 48.0 Å². The van der Waals surface area contributed by atoms with Gasteiger partial charge in [0.05, 0.1) is 30.4 Å². The molecule has 0 radical (unpaired) electrons. The summed E-state index contributed by atoms with van der Waals surface area (Å²) in [6, 6.07) is 7.09. The van der Waals surface area contributed by atoms with E-state index in [4.69, 9.17) is 9.47 Å². The molecule has 3 aliphatic rings. The van der Waals surface area contributed by atoms with E-state index in [1.165, 1.54) is 0 Å². The van der Waals surface area contributed by atoms with Crippen LogP contribution in [0, 0.1) is 24.7 Å². The van der Waals surface area contributed by atoms with Gasteiger partial charge in [-0.25, -0.2) is 4.98 Å². The largest absolute Gasteiger partial charge is 1.00 e. The minimum Gasteiger partial charge on any atom is -0.543 e. The Kier molecular flexibility index (Phi) is 8.00. The van der Waals surface area contributed by atoms with Gasteiger partial charge in [-0.2, -0.15) is 0 Å². The Morgan fingerprint density at radius 1 is 0.925 bits per heavy atom. The van der Waals surface area contributed by atoms with Crippen LogP contribution in [0.3, 0.4) is 0 Å². The molecular formula is C32H34NNaO6. The number of nitrogens with zero attached hydrogens (tertiary/aromatic N) is 1. The van der Waals surface area contributed by atoms with Gasteiger partial charge in [-0.15, -0.1) is 0 Å². The first kappa shape index (κ1) is 30.2. The molecule has 1 aromatic carbocycles. The van der Waals surface area contributed by atoms with E-state index in [1.54, 1.807) is 32.2 Å². The Hall–Kier alpha value is -2.74. The number of pyridine rings is 1. The van der Waals surface area contributed by atoms with Crippen LogP contribution < -0.4 is 39.4 Å². The number of rotatable bonds is 4. The summed E-state index contributed by atoms with van der Waals surface area (Å²) in [4.78, 5) is 43.6. The number of carbonyl (C=O) groups is 3. The number of carboxylic acids is 1. The van der Waals surface area contributed by atoms with Gasteiger partial charge in [-0.1, -0.05) is 33.8 Å². The number of aromatic nitrogens is 1. The number of ether oxygens (including phenoxy) is 2. The van der Waals surface area contributed by atoms with Gasteiger partial charge in [0.15, 0.2) is 11.6 Å². The molecule has 40 heavy (non-hydrogen) atoms. The summed E-state index contributed by atoms with van der Waals surface area (Å²) in [6.45, 7) is 11.8. The van der Waals surface area contributed by atoms with Crippen molar-refractivity contribution in [2.24, 2.45) is 10.8 Å². The van der Waals surface area contributed by atoms with Crippen molar-refractivity contribution in [1.29, 1.82) is 0 Å². The van der Waals surface area contributed by atoms with Crippen LogP contribution in [0.15, 0.2) is 46.9 Å². The fraction of sp³-hybridized carbons (Fsp3) is 0.438. The van der Waals surface area contributed by atoms with Crippen molar-refractivity contribution in [3.63, 3.8) is 0 Å². The quantitative estimate of drug-likeness (QED) is 0.536. The third-order valence-corrected chi connectivity index (χ3v) is 8.13. The number of hydrogen-bond donors (Lipinski definition) is 0. The fourth-order valence-electron chi connectivity index (χ4n) is 6.37. The van der Waals surface area contributed by atoms with Gasteiger partial charge in [0.2, 0.25) is 0 Å². The molecule has 8 heteroatoms. The molecule has 2 aliphatic carbocycles. The zero-order chi connectivity index (χ0) is 28.4. The molecule has 0 spiro atoms. The summed E-state index contributed by atoms with van der Waals surface area (Å²) < 4.78 is 12.3. The molecule has 5 rings (SSSR count). The molecule has 0 saturated carbocycles. The minimum atomic E-state index is -1.35. The van der Waals surface area contributed by atoms with Gasteiger partial charge in [0.1, 0.15) is 17.3 Å². The second kappa shape index (κ2) is 10.6. The Bertz CT molecular complexity index is 1460. The topological polar surface area (TPSA) is 106 Å². The van der Waals surface area contributed by atoms with Crippen molar-refractivity contribution in [3.8, 4) is 17.0 Å². The minimum absolute atomic E-state index is 0. The zero-order valence-corrected chi connectivity index (χ0v) is 26.6. The summed E-state index contributed by atoms with van der Waals surface area (Å²) in [5, 5.41) is 11.7. The van der Waals surface area contributed by atoms with E-state index in [-0.39, 0.29) is 57.6 Å². The zero-order valence-electron chi connectivity index (χ0n) is 24.6. The van der Waals surface area contributed by atoms with Crippen LogP contribution in [0.25, 0.3) is 11.3 Å². The Morgan fingerprint density at radius 2 is 1.48 bits per heavy atom. The molecular weight excluding hydrogens is 517 g/mol. The molecule has 0 N–H and O–H groups in total. The molecule has 0 bridgehead atoms. The van der Waals surface area contributed by atoms with E-state index in [1.807, 2.05) is 13.0 Å². The molecule has 2 aromatic rings. The molecule has 0 atom stereocenters. The second-order valence-corrected chi connectivity index (χ2v) is 12.6. The van der Waals surface area contributed by atoms with Crippen LogP contribution in [-0.4, -0.2) is 29.6 Å². The standard InChI is InChI=1S/C32H35NO6.Na/c1-16-8-10-19(33-29(16)30(36)37)18-9-11-22(38-7)25(17(18)2)28-26-20(34)12-31(3,4)14-23(26)39-24-15-32(5,6)13-21(35)27(24)28;/h8-11,28H,12-15H2,1-7H3,(H,36,37);/q;+1/p-1. The van der Waals surface area contributed by atoms with E-state index in [2.05, 4.69) is 32.7 Å². The number of hydrogen-bond acceptors (Lipinski definition) is 7. The van der Waals surface area contributed by atoms with Gasteiger partial charge < -0.3 is 19.4 Å². The van der Waals surface area contributed by atoms with Crippen LogP contribution in [0.2, 0.25) is 0 Å². The number of carboxylic acid groups (broad SMARTS) is 1. The van der Waals surface area contributed by atoms with Crippen LogP contribution in [0.4, 0.5) is 0 Å². The maximum Gasteiger partial charge on any atom is 1.00 e. The molecule has 0 fully saturated rings.